The van der Waals surface area contributed by atoms with Gasteiger partial charge in [0.1, 0.15) is 5.82 Å². The third-order valence-corrected chi connectivity index (χ3v) is 9.28. The molecule has 9 heteroatoms. The van der Waals surface area contributed by atoms with Crippen molar-refractivity contribution in [3.05, 3.63) is 71.4 Å². The number of hydrogen-bond donors (Lipinski definition) is 3. The number of carbonyl (C=O) groups is 1. The molecule has 1 aromatic carbocycles. The minimum Gasteiger partial charge on any atom is -0.352 e. The molecular weight excluding hydrogens is 517 g/mol. The first-order chi connectivity index (χ1) is 19.6. The minimum absolute atomic E-state index is 0.0460. The van der Waals surface area contributed by atoms with Crippen LogP contribution in [0.2, 0.25) is 0 Å². The Hall–Kier alpha value is -3.85. The van der Waals surface area contributed by atoms with E-state index in [-0.39, 0.29) is 41.1 Å². The Labute approximate surface area is 240 Å². The van der Waals surface area contributed by atoms with E-state index in [1.807, 2.05) is 25.1 Å². The van der Waals surface area contributed by atoms with Crippen molar-refractivity contribution in [2.24, 2.45) is 11.7 Å². The van der Waals surface area contributed by atoms with Crippen LogP contribution in [0.5, 0.6) is 0 Å². The van der Waals surface area contributed by atoms with Crippen molar-refractivity contribution in [3.63, 3.8) is 0 Å². The molecule has 8 nitrogen and oxygen atoms in total. The number of pyridine rings is 1. The van der Waals surface area contributed by atoms with Crippen LogP contribution in [0.1, 0.15) is 75.5 Å². The summed E-state index contributed by atoms with van der Waals surface area (Å²) in [5.41, 5.74) is 12.3. The second-order valence-corrected chi connectivity index (χ2v) is 12.3. The number of aryl methyl sites for hydroxylation is 1. The Morgan fingerprint density at radius 1 is 1.17 bits per heavy atom. The lowest BCUT2D eigenvalue weighted by Gasteiger charge is -2.39. The van der Waals surface area contributed by atoms with Gasteiger partial charge in [-0.05, 0) is 90.8 Å². The Kier molecular flexibility index (Phi) is 7.01. The van der Waals surface area contributed by atoms with Crippen LogP contribution in [-0.2, 0) is 10.2 Å². The standard InChI is InChI=1S/C32H38FN7O/c1-18-13-22(32(4)9-5-10-32)15-25(33)29(18)27-7-6-23-16-36-31(40(23)39-27)38-28-17-35-11-8-24(28)21-12-19(2)30(26(34)14-21)37-20(3)41/h6-8,11,13,15-17,19,21,26,30H,5,9-10,12,14,34H2,1-4H3,(H,36,38)(H,37,41). The lowest BCUT2D eigenvalue weighted by Crippen LogP contribution is -2.54. The van der Waals surface area contributed by atoms with Gasteiger partial charge in [-0.25, -0.2) is 9.37 Å². The second kappa shape index (κ2) is 10.5. The van der Waals surface area contributed by atoms with E-state index in [9.17, 15) is 4.79 Å². The van der Waals surface area contributed by atoms with E-state index < -0.39 is 0 Å². The summed E-state index contributed by atoms with van der Waals surface area (Å²) in [6.45, 7) is 7.84. The fourth-order valence-electron chi connectivity index (χ4n) is 6.83. The number of fused-ring (bicyclic) bond motifs is 1. The summed E-state index contributed by atoms with van der Waals surface area (Å²) >= 11 is 0. The number of halogens is 1. The normalized spacial score (nSPS) is 23.7. The smallest absolute Gasteiger partial charge is 0.229 e. The zero-order valence-corrected chi connectivity index (χ0v) is 24.1. The van der Waals surface area contributed by atoms with Crippen LogP contribution < -0.4 is 16.4 Å². The zero-order chi connectivity index (χ0) is 28.9. The van der Waals surface area contributed by atoms with Crippen LogP contribution in [0.25, 0.3) is 16.8 Å². The quantitative estimate of drug-likeness (QED) is 0.279. The number of anilines is 2. The van der Waals surface area contributed by atoms with Gasteiger partial charge >= 0.3 is 0 Å². The van der Waals surface area contributed by atoms with Crippen molar-refractivity contribution in [2.45, 2.75) is 83.2 Å². The molecule has 2 aliphatic carbocycles. The number of nitrogens with zero attached hydrogens (tertiary/aromatic N) is 4. The molecule has 3 aromatic heterocycles. The fourth-order valence-corrected chi connectivity index (χ4v) is 6.83. The summed E-state index contributed by atoms with van der Waals surface area (Å²) in [6, 6.07) is 9.39. The van der Waals surface area contributed by atoms with Gasteiger partial charge in [0, 0.05) is 30.8 Å². The maximum atomic E-state index is 15.6. The summed E-state index contributed by atoms with van der Waals surface area (Å²) < 4.78 is 17.3. The van der Waals surface area contributed by atoms with E-state index in [4.69, 9.17) is 10.8 Å². The highest BCUT2D eigenvalue weighted by atomic mass is 19.1. The van der Waals surface area contributed by atoms with Crippen LogP contribution in [0.4, 0.5) is 16.0 Å². The summed E-state index contributed by atoms with van der Waals surface area (Å²) in [7, 11) is 0. The second-order valence-electron chi connectivity index (χ2n) is 12.3. The molecule has 0 spiro atoms. The molecule has 2 fully saturated rings. The molecular formula is C32H38FN7O. The van der Waals surface area contributed by atoms with Crippen molar-refractivity contribution < 1.29 is 9.18 Å². The van der Waals surface area contributed by atoms with E-state index in [1.165, 1.54) is 13.3 Å². The van der Waals surface area contributed by atoms with Crippen LogP contribution in [0, 0.1) is 18.7 Å². The first-order valence-electron chi connectivity index (χ1n) is 14.5. The van der Waals surface area contributed by atoms with Gasteiger partial charge in [-0.3, -0.25) is 9.78 Å². The Morgan fingerprint density at radius 3 is 2.66 bits per heavy atom. The molecule has 6 rings (SSSR count). The number of aromatic nitrogens is 4. The Bertz CT molecular complexity index is 1580. The molecule has 0 radical (unpaired) electrons. The highest BCUT2D eigenvalue weighted by molar-refractivity contribution is 5.73. The number of hydrogen-bond acceptors (Lipinski definition) is 6. The average molecular weight is 556 g/mol. The van der Waals surface area contributed by atoms with Crippen molar-refractivity contribution in [1.29, 1.82) is 0 Å². The molecule has 1 amide bonds. The lowest BCUT2D eigenvalue weighted by molar-refractivity contribution is -0.120. The van der Waals surface area contributed by atoms with Crippen LogP contribution in [0.3, 0.4) is 0 Å². The predicted molar refractivity (Wildman–Crippen MR) is 159 cm³/mol. The number of carbonyl (C=O) groups excluding carboxylic acids is 1. The summed E-state index contributed by atoms with van der Waals surface area (Å²) in [4.78, 5) is 20.6. The molecule has 4 atom stereocenters. The molecule has 0 bridgehead atoms. The number of amides is 1. The van der Waals surface area contributed by atoms with Crippen molar-refractivity contribution in [3.8, 4) is 11.3 Å². The molecule has 0 saturated heterocycles. The van der Waals surface area contributed by atoms with Gasteiger partial charge in [0.15, 0.2) is 0 Å². The first-order valence-corrected chi connectivity index (χ1v) is 14.5. The monoisotopic (exact) mass is 555 g/mol. The Balaban J connectivity index is 1.30. The predicted octanol–water partition coefficient (Wildman–Crippen LogP) is 5.77. The summed E-state index contributed by atoms with van der Waals surface area (Å²) in [5, 5.41) is 11.3. The summed E-state index contributed by atoms with van der Waals surface area (Å²) in [6.07, 6.45) is 10.3. The first kappa shape index (κ1) is 27.3. The van der Waals surface area contributed by atoms with Gasteiger partial charge in [0.05, 0.1) is 29.3 Å². The number of nitrogens with one attached hydrogen (secondary N) is 2. The highest BCUT2D eigenvalue weighted by Crippen LogP contribution is 2.45. The maximum absolute atomic E-state index is 15.6. The molecule has 0 aliphatic heterocycles. The van der Waals surface area contributed by atoms with E-state index in [2.05, 4.69) is 40.5 Å². The van der Waals surface area contributed by atoms with Crippen molar-refractivity contribution in [2.75, 3.05) is 5.32 Å². The van der Waals surface area contributed by atoms with E-state index in [1.54, 1.807) is 29.2 Å². The molecule has 2 saturated carbocycles. The number of benzene rings is 1. The van der Waals surface area contributed by atoms with Crippen molar-refractivity contribution in [1.82, 2.24) is 24.9 Å². The third-order valence-electron chi connectivity index (χ3n) is 9.28. The lowest BCUT2D eigenvalue weighted by atomic mass is 9.65. The SMILES string of the molecule is CC(=O)NC1C(C)CC(c2ccncc2Nc2ncc3ccc(-c4c(C)cc(C5(C)CCC5)cc4F)nn23)CC1N. The van der Waals surface area contributed by atoms with Crippen LogP contribution >= 0.6 is 0 Å². The topological polar surface area (TPSA) is 110 Å². The molecule has 4 aromatic rings. The average Bonchev–Trinajstić information content (AvgIpc) is 3.31. The van der Waals surface area contributed by atoms with Gasteiger partial charge in [-0.1, -0.05) is 26.3 Å². The van der Waals surface area contributed by atoms with Crippen molar-refractivity contribution >= 4 is 23.1 Å². The van der Waals surface area contributed by atoms with Gasteiger partial charge in [0.25, 0.3) is 0 Å². The van der Waals surface area contributed by atoms with Gasteiger partial charge in [-0.2, -0.15) is 9.61 Å². The summed E-state index contributed by atoms with van der Waals surface area (Å²) in [5.74, 6) is 0.639. The molecule has 4 unspecified atom stereocenters. The number of rotatable bonds is 6. The molecule has 214 valence electrons. The number of imidazole rings is 1. The number of nitrogens with two attached hydrogens (primary N) is 1. The van der Waals surface area contributed by atoms with Gasteiger partial charge < -0.3 is 16.4 Å². The van der Waals surface area contributed by atoms with E-state index >= 15 is 4.39 Å². The maximum Gasteiger partial charge on any atom is 0.229 e. The highest BCUT2D eigenvalue weighted by Gasteiger charge is 2.36. The molecule has 41 heavy (non-hydrogen) atoms. The molecule has 4 N–H and O–H groups in total. The third kappa shape index (κ3) is 5.07. The van der Waals surface area contributed by atoms with Gasteiger partial charge in [-0.15, -0.1) is 0 Å². The van der Waals surface area contributed by atoms with Crippen LogP contribution in [0.15, 0.2) is 48.9 Å². The van der Waals surface area contributed by atoms with Crippen LogP contribution in [-0.4, -0.2) is 37.6 Å². The molecule has 2 aliphatic rings. The van der Waals surface area contributed by atoms with E-state index in [0.717, 1.165) is 53.6 Å². The van der Waals surface area contributed by atoms with E-state index in [0.29, 0.717) is 17.2 Å². The zero-order valence-electron chi connectivity index (χ0n) is 24.1. The van der Waals surface area contributed by atoms with Gasteiger partial charge in [0.2, 0.25) is 11.9 Å². The minimum atomic E-state index is -0.246. The Morgan fingerprint density at radius 2 is 1.98 bits per heavy atom. The largest absolute Gasteiger partial charge is 0.352 e. The molecule has 3 heterocycles. The fraction of sp³-hybridized carbons (Fsp3) is 0.438.